The molecule has 0 amide bonds. The minimum atomic E-state index is -0.495. The van der Waals surface area contributed by atoms with Crippen LogP contribution in [0.3, 0.4) is 0 Å². The first-order valence-electron chi connectivity index (χ1n) is 12.7. The van der Waals surface area contributed by atoms with Crippen molar-refractivity contribution >= 4 is 11.9 Å². The van der Waals surface area contributed by atoms with Crippen LogP contribution in [0.1, 0.15) is 89.6 Å². The van der Waals surface area contributed by atoms with Gasteiger partial charge in [0.2, 0.25) is 0 Å². The molecule has 0 bridgehead atoms. The Morgan fingerprint density at radius 2 is 1.43 bits per heavy atom. The predicted molar refractivity (Wildman–Crippen MR) is 141 cm³/mol. The molecule has 0 unspecified atom stereocenters. The fraction of sp³-hybridized carbons (Fsp3) is 0.517. The summed E-state index contributed by atoms with van der Waals surface area (Å²) in [4.78, 5) is 24.1. The van der Waals surface area contributed by atoms with Crippen molar-refractivity contribution in [3.63, 3.8) is 0 Å². The Kier molecular flexibility index (Phi) is 14.4. The normalized spacial score (nSPS) is 10.7. The third-order valence-corrected chi connectivity index (χ3v) is 4.76. The van der Waals surface area contributed by atoms with Gasteiger partial charge in [0, 0.05) is 6.54 Å². The van der Waals surface area contributed by atoms with Crippen molar-refractivity contribution in [2.75, 3.05) is 13.2 Å². The minimum absolute atomic E-state index is 0.132. The zero-order chi connectivity index (χ0) is 26.1. The third kappa shape index (κ3) is 13.6. The Hall–Kier alpha value is -2.86. The average Bonchev–Trinajstić information content (AvgIpc) is 2.83. The molecular formula is C29H43NO5. The number of esters is 2. The van der Waals surface area contributed by atoms with E-state index in [1.807, 2.05) is 46.8 Å². The lowest BCUT2D eigenvalue weighted by Crippen LogP contribution is -2.31. The predicted octanol–water partition coefficient (Wildman–Crippen LogP) is 6.71. The molecule has 35 heavy (non-hydrogen) atoms. The maximum absolute atomic E-state index is 12.4. The highest BCUT2D eigenvalue weighted by atomic mass is 16.6. The number of carbonyl (C=O) groups excluding carboxylic acids is 2. The molecule has 0 saturated carbocycles. The first-order chi connectivity index (χ1) is 16.8. The van der Waals surface area contributed by atoms with Crippen molar-refractivity contribution in [3.05, 3.63) is 59.7 Å². The van der Waals surface area contributed by atoms with Crippen LogP contribution < -0.4 is 14.8 Å². The van der Waals surface area contributed by atoms with Crippen molar-refractivity contribution < 1.29 is 23.8 Å². The van der Waals surface area contributed by atoms with E-state index in [1.165, 1.54) is 25.7 Å². The van der Waals surface area contributed by atoms with Gasteiger partial charge in [0.1, 0.15) is 17.1 Å². The maximum Gasteiger partial charge on any atom is 0.343 e. The SMILES string of the molecule is CC.CCCCCCCOc1ccc(C(=O)Oc2ccc(CNCC(=O)OC(C)(C)C)cc2)cc1. The Morgan fingerprint density at radius 3 is 2.03 bits per heavy atom. The van der Waals surface area contributed by atoms with E-state index in [9.17, 15) is 9.59 Å². The summed E-state index contributed by atoms with van der Waals surface area (Å²) in [5, 5.41) is 3.05. The zero-order valence-electron chi connectivity index (χ0n) is 22.3. The number of carbonyl (C=O) groups is 2. The molecule has 0 heterocycles. The van der Waals surface area contributed by atoms with Gasteiger partial charge in [0.25, 0.3) is 0 Å². The summed E-state index contributed by atoms with van der Waals surface area (Å²) in [5.74, 6) is 0.502. The van der Waals surface area contributed by atoms with Crippen molar-refractivity contribution in [1.82, 2.24) is 5.32 Å². The standard InChI is InChI=1S/C27H37NO5.C2H6/c1-5-6-7-8-9-18-31-23-16-12-22(13-17-23)26(30)32-24-14-10-21(11-15-24)19-28-20-25(29)33-27(2,3)4;1-2/h10-17,28H,5-9,18-20H2,1-4H3;1-2H3. The van der Waals surface area contributed by atoms with Crippen LogP contribution in [-0.2, 0) is 16.1 Å². The van der Waals surface area contributed by atoms with Gasteiger partial charge in [-0.3, -0.25) is 4.79 Å². The van der Waals surface area contributed by atoms with E-state index in [4.69, 9.17) is 14.2 Å². The van der Waals surface area contributed by atoms with Crippen LogP contribution in [0.4, 0.5) is 0 Å². The van der Waals surface area contributed by atoms with Crippen LogP contribution in [0.15, 0.2) is 48.5 Å². The third-order valence-electron chi connectivity index (χ3n) is 4.76. The number of benzene rings is 2. The summed E-state index contributed by atoms with van der Waals surface area (Å²) in [7, 11) is 0. The Morgan fingerprint density at radius 1 is 0.829 bits per heavy atom. The quantitative estimate of drug-likeness (QED) is 0.193. The van der Waals surface area contributed by atoms with E-state index < -0.39 is 11.6 Å². The topological polar surface area (TPSA) is 73.9 Å². The minimum Gasteiger partial charge on any atom is -0.494 e. The molecule has 6 heteroatoms. The smallest absolute Gasteiger partial charge is 0.343 e. The Bertz CT molecular complexity index is 854. The molecule has 0 fully saturated rings. The lowest BCUT2D eigenvalue weighted by atomic mass is 10.2. The number of rotatable bonds is 13. The van der Waals surface area contributed by atoms with Gasteiger partial charge in [-0.25, -0.2) is 4.79 Å². The lowest BCUT2D eigenvalue weighted by Gasteiger charge is -2.19. The highest BCUT2D eigenvalue weighted by Gasteiger charge is 2.15. The summed E-state index contributed by atoms with van der Waals surface area (Å²) < 4.78 is 16.4. The number of hydrogen-bond donors (Lipinski definition) is 1. The van der Waals surface area contributed by atoms with Gasteiger partial charge in [-0.1, -0.05) is 58.6 Å². The molecule has 2 rings (SSSR count). The summed E-state index contributed by atoms with van der Waals surface area (Å²) in [6, 6.07) is 14.2. The Balaban J connectivity index is 0.00000298. The van der Waals surface area contributed by atoms with E-state index in [2.05, 4.69) is 12.2 Å². The van der Waals surface area contributed by atoms with Crippen LogP contribution in [0.25, 0.3) is 0 Å². The van der Waals surface area contributed by atoms with Gasteiger partial charge in [0.05, 0.1) is 18.7 Å². The second kappa shape index (κ2) is 16.7. The number of unbranched alkanes of at least 4 members (excludes halogenated alkanes) is 4. The monoisotopic (exact) mass is 485 g/mol. The van der Waals surface area contributed by atoms with Crippen LogP contribution in [0.5, 0.6) is 11.5 Å². The summed E-state index contributed by atoms with van der Waals surface area (Å²) in [5.41, 5.74) is 0.939. The average molecular weight is 486 g/mol. The fourth-order valence-corrected chi connectivity index (χ4v) is 3.11. The van der Waals surface area contributed by atoms with Crippen molar-refractivity contribution in [3.8, 4) is 11.5 Å². The van der Waals surface area contributed by atoms with E-state index in [-0.39, 0.29) is 12.5 Å². The number of ether oxygens (including phenoxy) is 3. The molecule has 2 aromatic rings. The molecule has 0 saturated heterocycles. The van der Waals surface area contributed by atoms with Gasteiger partial charge >= 0.3 is 11.9 Å². The molecule has 6 nitrogen and oxygen atoms in total. The second-order valence-corrected chi connectivity index (χ2v) is 9.01. The van der Waals surface area contributed by atoms with Gasteiger partial charge < -0.3 is 19.5 Å². The first kappa shape index (κ1) is 30.2. The van der Waals surface area contributed by atoms with Gasteiger partial charge in [-0.05, 0) is 69.2 Å². The van der Waals surface area contributed by atoms with E-state index in [0.717, 1.165) is 17.7 Å². The molecule has 194 valence electrons. The van der Waals surface area contributed by atoms with Crippen LogP contribution in [0, 0.1) is 0 Å². The summed E-state index contributed by atoms with van der Waals surface area (Å²) >= 11 is 0. The van der Waals surface area contributed by atoms with E-state index in [1.54, 1.807) is 36.4 Å². The molecule has 0 aliphatic carbocycles. The van der Waals surface area contributed by atoms with Crippen LogP contribution in [-0.4, -0.2) is 30.7 Å². The molecule has 0 atom stereocenters. The van der Waals surface area contributed by atoms with Gasteiger partial charge in [0.15, 0.2) is 0 Å². The van der Waals surface area contributed by atoms with E-state index >= 15 is 0 Å². The zero-order valence-corrected chi connectivity index (χ0v) is 22.3. The van der Waals surface area contributed by atoms with Crippen molar-refractivity contribution in [2.24, 2.45) is 0 Å². The molecule has 2 aromatic carbocycles. The molecule has 0 spiro atoms. The van der Waals surface area contributed by atoms with Crippen LogP contribution >= 0.6 is 0 Å². The fourth-order valence-electron chi connectivity index (χ4n) is 3.11. The summed E-state index contributed by atoms with van der Waals surface area (Å²) in [6.07, 6.45) is 5.96. The van der Waals surface area contributed by atoms with Gasteiger partial charge in [-0.2, -0.15) is 0 Å². The van der Waals surface area contributed by atoms with Crippen LogP contribution in [0.2, 0.25) is 0 Å². The lowest BCUT2D eigenvalue weighted by molar-refractivity contribution is -0.153. The second-order valence-electron chi connectivity index (χ2n) is 9.01. The van der Waals surface area contributed by atoms with Gasteiger partial charge in [-0.15, -0.1) is 0 Å². The van der Waals surface area contributed by atoms with Crippen molar-refractivity contribution in [2.45, 2.75) is 85.8 Å². The molecule has 1 N–H and O–H groups in total. The Labute approximate surface area is 211 Å². The number of nitrogens with one attached hydrogen (secondary N) is 1. The molecule has 0 radical (unpaired) electrons. The first-order valence-corrected chi connectivity index (χ1v) is 12.7. The van der Waals surface area contributed by atoms with E-state index in [0.29, 0.717) is 24.5 Å². The summed E-state index contributed by atoms with van der Waals surface area (Å²) in [6.45, 7) is 13.0. The molecule has 0 aliphatic heterocycles. The van der Waals surface area contributed by atoms with Crippen molar-refractivity contribution in [1.29, 1.82) is 0 Å². The molecule has 0 aliphatic rings. The maximum atomic E-state index is 12.4. The number of hydrogen-bond acceptors (Lipinski definition) is 6. The highest BCUT2D eigenvalue weighted by molar-refractivity contribution is 5.91. The highest BCUT2D eigenvalue weighted by Crippen LogP contribution is 2.17. The largest absolute Gasteiger partial charge is 0.494 e. The molecule has 0 aromatic heterocycles. The molecular weight excluding hydrogens is 442 g/mol.